The highest BCUT2D eigenvalue weighted by atomic mass is 15.0. The van der Waals surface area contributed by atoms with Gasteiger partial charge in [0.05, 0.1) is 16.6 Å². The molecule has 8 aromatic rings. The van der Waals surface area contributed by atoms with Crippen molar-refractivity contribution in [2.45, 2.75) is 0 Å². The van der Waals surface area contributed by atoms with Crippen LogP contribution in [0.2, 0.25) is 0 Å². The Kier molecular flexibility index (Phi) is 3.97. The summed E-state index contributed by atoms with van der Waals surface area (Å²) in [6, 6.07) is 46.1. The molecule has 0 atom stereocenters. The minimum Gasteiger partial charge on any atom is -0.317 e. The molecule has 0 spiro atoms. The van der Waals surface area contributed by atoms with Gasteiger partial charge in [0.2, 0.25) is 0 Å². The Morgan fingerprint density at radius 3 is 2.00 bits per heavy atom. The second-order valence-electron chi connectivity index (χ2n) is 9.46. The Labute approximate surface area is 208 Å². The molecule has 0 bridgehead atoms. The van der Waals surface area contributed by atoms with Crippen molar-refractivity contribution in [3.63, 3.8) is 0 Å². The minimum atomic E-state index is 1.18. The fourth-order valence-electron chi connectivity index (χ4n) is 5.92. The van der Waals surface area contributed by atoms with Crippen LogP contribution >= 0.6 is 0 Å². The molecule has 0 saturated carbocycles. The van der Waals surface area contributed by atoms with Gasteiger partial charge in [-0.15, -0.1) is 0 Å². The Morgan fingerprint density at radius 2 is 1.08 bits per heavy atom. The maximum Gasteiger partial charge on any atom is 0.0548 e. The monoisotopic (exact) mass is 458 g/mol. The number of hydrogen-bond acceptors (Lipinski definition) is 0. The molecule has 0 aliphatic rings. The Hall–Kier alpha value is -4.82. The third-order valence-electron chi connectivity index (χ3n) is 7.53. The van der Waals surface area contributed by atoms with E-state index in [0.29, 0.717) is 0 Å². The van der Waals surface area contributed by atoms with Gasteiger partial charge in [0, 0.05) is 33.7 Å². The lowest BCUT2D eigenvalue weighted by molar-refractivity contribution is 1.13. The predicted molar refractivity (Wildman–Crippen MR) is 153 cm³/mol. The van der Waals surface area contributed by atoms with Crippen molar-refractivity contribution in [3.8, 4) is 11.4 Å². The number of benzene rings is 6. The Bertz CT molecular complexity index is 2090. The molecule has 168 valence electrons. The lowest BCUT2D eigenvalue weighted by atomic mass is 10.0. The van der Waals surface area contributed by atoms with Crippen LogP contribution in [0.4, 0.5) is 0 Å². The zero-order chi connectivity index (χ0) is 23.6. The molecule has 0 unspecified atom stereocenters. The smallest absolute Gasteiger partial charge is 0.0548 e. The lowest BCUT2D eigenvalue weighted by Gasteiger charge is -2.11. The molecule has 0 saturated heterocycles. The Balaban J connectivity index is 1.43. The predicted octanol–water partition coefficient (Wildman–Crippen LogP) is 9.03. The van der Waals surface area contributed by atoms with Gasteiger partial charge in [0.1, 0.15) is 0 Å². The maximum absolute atomic E-state index is 2.42. The molecule has 36 heavy (non-hydrogen) atoms. The van der Waals surface area contributed by atoms with Crippen molar-refractivity contribution in [1.82, 2.24) is 9.13 Å². The fourth-order valence-corrected chi connectivity index (χ4v) is 5.92. The van der Waals surface area contributed by atoms with Gasteiger partial charge in [0.25, 0.3) is 0 Å². The molecule has 8 rings (SSSR count). The Morgan fingerprint density at radius 1 is 0.389 bits per heavy atom. The summed E-state index contributed by atoms with van der Waals surface area (Å²) in [5.74, 6) is 0. The van der Waals surface area contributed by atoms with E-state index in [-0.39, 0.29) is 0 Å². The summed E-state index contributed by atoms with van der Waals surface area (Å²) in [6.07, 6.45) is 2.19. The molecule has 0 radical (unpaired) electrons. The average Bonchev–Trinajstić information content (AvgIpc) is 3.52. The molecule has 2 heteroatoms. The van der Waals surface area contributed by atoms with E-state index in [1.807, 2.05) is 0 Å². The van der Waals surface area contributed by atoms with E-state index >= 15 is 0 Å². The fraction of sp³-hybridized carbons (Fsp3) is 0. The molecule has 0 aliphatic carbocycles. The van der Waals surface area contributed by atoms with Gasteiger partial charge in [-0.05, 0) is 70.1 Å². The third-order valence-corrected chi connectivity index (χ3v) is 7.53. The molecule has 2 nitrogen and oxygen atoms in total. The number of aromatic nitrogens is 2. The summed E-state index contributed by atoms with van der Waals surface area (Å²) in [5.41, 5.74) is 6.05. The highest BCUT2D eigenvalue weighted by Crippen LogP contribution is 2.38. The zero-order valence-corrected chi connectivity index (χ0v) is 19.6. The van der Waals surface area contributed by atoms with Gasteiger partial charge < -0.3 is 9.13 Å². The SMILES string of the molecule is c1ccc(-n2ccc3c4c5ccccc5n(-c5ccc6c(ccc7ccccc76)c5)c4ccc32)cc1. The van der Waals surface area contributed by atoms with E-state index in [2.05, 4.69) is 143 Å². The minimum absolute atomic E-state index is 1.18. The summed E-state index contributed by atoms with van der Waals surface area (Å²) in [7, 11) is 0. The molecular formula is C34H22N2. The number of nitrogens with zero attached hydrogens (tertiary/aromatic N) is 2. The van der Waals surface area contributed by atoms with Gasteiger partial charge in [0.15, 0.2) is 0 Å². The molecule has 6 aromatic carbocycles. The molecular weight excluding hydrogens is 436 g/mol. The first kappa shape index (κ1) is 19.5. The van der Waals surface area contributed by atoms with Crippen molar-refractivity contribution >= 4 is 54.3 Å². The van der Waals surface area contributed by atoms with Crippen LogP contribution in [-0.2, 0) is 0 Å². The third kappa shape index (κ3) is 2.67. The van der Waals surface area contributed by atoms with Crippen molar-refractivity contribution in [2.24, 2.45) is 0 Å². The van der Waals surface area contributed by atoms with Crippen molar-refractivity contribution in [2.75, 3.05) is 0 Å². The van der Waals surface area contributed by atoms with E-state index in [0.717, 1.165) is 0 Å². The summed E-state index contributed by atoms with van der Waals surface area (Å²) in [6.45, 7) is 0. The second kappa shape index (κ2) is 7.34. The molecule has 2 aromatic heterocycles. The van der Waals surface area contributed by atoms with E-state index in [4.69, 9.17) is 0 Å². The molecule has 2 heterocycles. The summed E-state index contributed by atoms with van der Waals surface area (Å²) < 4.78 is 4.70. The topological polar surface area (TPSA) is 9.86 Å². The first-order chi connectivity index (χ1) is 17.9. The average molecular weight is 459 g/mol. The van der Waals surface area contributed by atoms with E-state index in [1.54, 1.807) is 0 Å². The number of rotatable bonds is 2. The molecule has 0 N–H and O–H groups in total. The van der Waals surface area contributed by atoms with E-state index in [1.165, 1.54) is 65.6 Å². The van der Waals surface area contributed by atoms with E-state index in [9.17, 15) is 0 Å². The van der Waals surface area contributed by atoms with Crippen molar-refractivity contribution in [3.05, 3.63) is 134 Å². The molecule has 0 amide bonds. The summed E-state index contributed by atoms with van der Waals surface area (Å²) in [4.78, 5) is 0. The van der Waals surface area contributed by atoms with Gasteiger partial charge >= 0.3 is 0 Å². The van der Waals surface area contributed by atoms with E-state index < -0.39 is 0 Å². The highest BCUT2D eigenvalue weighted by molar-refractivity contribution is 6.21. The van der Waals surface area contributed by atoms with Crippen molar-refractivity contribution in [1.29, 1.82) is 0 Å². The normalized spacial score (nSPS) is 11.9. The standard InChI is InChI=1S/C34H22N2/c1-2-9-25(10-3-1)35-21-20-30-31(35)18-19-33-34(30)29-12-6-7-13-32(29)36(33)26-16-17-28-24(22-26)15-14-23-8-4-5-11-27(23)28/h1-22H. The molecule has 0 fully saturated rings. The quantitative estimate of drug-likeness (QED) is 0.229. The largest absolute Gasteiger partial charge is 0.317 e. The van der Waals surface area contributed by atoms with Crippen LogP contribution in [0.15, 0.2) is 134 Å². The van der Waals surface area contributed by atoms with Crippen LogP contribution in [0.25, 0.3) is 65.6 Å². The van der Waals surface area contributed by atoms with Crippen LogP contribution in [-0.4, -0.2) is 9.13 Å². The van der Waals surface area contributed by atoms with Crippen molar-refractivity contribution < 1.29 is 0 Å². The summed E-state index contributed by atoms with van der Waals surface area (Å²) in [5, 5.41) is 8.98. The van der Waals surface area contributed by atoms with Gasteiger partial charge in [-0.2, -0.15) is 0 Å². The van der Waals surface area contributed by atoms with Crippen LogP contribution in [0.1, 0.15) is 0 Å². The zero-order valence-electron chi connectivity index (χ0n) is 19.6. The van der Waals surface area contributed by atoms with Crippen LogP contribution in [0.3, 0.4) is 0 Å². The maximum atomic E-state index is 2.42. The highest BCUT2D eigenvalue weighted by Gasteiger charge is 2.16. The van der Waals surface area contributed by atoms with Crippen LogP contribution in [0, 0.1) is 0 Å². The first-order valence-electron chi connectivity index (χ1n) is 12.4. The summed E-state index contributed by atoms with van der Waals surface area (Å²) >= 11 is 0. The molecule has 0 aliphatic heterocycles. The van der Waals surface area contributed by atoms with Gasteiger partial charge in [-0.25, -0.2) is 0 Å². The number of para-hydroxylation sites is 2. The van der Waals surface area contributed by atoms with Crippen LogP contribution in [0.5, 0.6) is 0 Å². The first-order valence-corrected chi connectivity index (χ1v) is 12.4. The number of hydrogen-bond donors (Lipinski definition) is 0. The van der Waals surface area contributed by atoms with Gasteiger partial charge in [-0.3, -0.25) is 0 Å². The van der Waals surface area contributed by atoms with Crippen LogP contribution < -0.4 is 0 Å². The number of fused-ring (bicyclic) bond motifs is 8. The lowest BCUT2D eigenvalue weighted by Crippen LogP contribution is -1.94. The van der Waals surface area contributed by atoms with Gasteiger partial charge in [-0.1, -0.05) is 78.9 Å². The second-order valence-corrected chi connectivity index (χ2v) is 9.46.